The number of hydrogen-bond acceptors (Lipinski definition) is 4. The van der Waals surface area contributed by atoms with Crippen LogP contribution in [-0.4, -0.2) is 64.2 Å². The minimum atomic E-state index is 0.125. The molecule has 110 valence electrons. The largest absolute Gasteiger partial charge is 0.384 e. The van der Waals surface area contributed by atoms with Gasteiger partial charge in [0.25, 0.3) is 0 Å². The summed E-state index contributed by atoms with van der Waals surface area (Å²) < 4.78 is 7.10. The zero-order valence-electron chi connectivity index (χ0n) is 12.1. The average Bonchev–Trinajstić information content (AvgIpc) is 3.08. The minimum absolute atomic E-state index is 0.125. The SMILES string of the molecule is COCC1CN(C(=O)N2CCCC2)Cc2nnn(C)c21. The van der Waals surface area contributed by atoms with E-state index in [2.05, 4.69) is 10.3 Å². The van der Waals surface area contributed by atoms with E-state index in [9.17, 15) is 4.79 Å². The number of likely N-dealkylation sites (tertiary alicyclic amines) is 1. The van der Waals surface area contributed by atoms with Crippen molar-refractivity contribution in [1.29, 1.82) is 0 Å². The van der Waals surface area contributed by atoms with E-state index in [1.165, 1.54) is 0 Å². The lowest BCUT2D eigenvalue weighted by molar-refractivity contribution is 0.123. The Morgan fingerprint density at radius 3 is 2.80 bits per heavy atom. The molecule has 1 saturated heterocycles. The number of carbonyl (C=O) groups excluding carboxylic acids is 1. The molecule has 3 rings (SSSR count). The molecule has 0 aliphatic carbocycles. The standard InChI is InChI=1S/C13H21N5O2/c1-16-12-10(9-20-2)7-18(8-11(12)14-15-16)13(19)17-5-3-4-6-17/h10H,3-9H2,1-2H3. The normalized spacial score (nSPS) is 22.2. The Hall–Kier alpha value is -1.63. The number of aryl methyl sites for hydroxylation is 1. The number of ether oxygens (including phenoxy) is 1. The maximum absolute atomic E-state index is 12.5. The topological polar surface area (TPSA) is 63.5 Å². The Morgan fingerprint density at radius 1 is 1.35 bits per heavy atom. The van der Waals surface area contributed by atoms with Gasteiger partial charge in [0.1, 0.15) is 5.69 Å². The Balaban J connectivity index is 1.80. The third kappa shape index (κ3) is 2.26. The van der Waals surface area contributed by atoms with Gasteiger partial charge in [-0.2, -0.15) is 0 Å². The molecule has 0 spiro atoms. The van der Waals surface area contributed by atoms with Crippen LogP contribution in [0.2, 0.25) is 0 Å². The van der Waals surface area contributed by atoms with Gasteiger partial charge in [0, 0.05) is 39.7 Å². The molecule has 0 aromatic carbocycles. The summed E-state index contributed by atoms with van der Waals surface area (Å²) in [5.41, 5.74) is 1.99. The van der Waals surface area contributed by atoms with Gasteiger partial charge < -0.3 is 14.5 Å². The maximum atomic E-state index is 12.5. The molecule has 2 aliphatic rings. The highest BCUT2D eigenvalue weighted by Gasteiger charge is 2.34. The van der Waals surface area contributed by atoms with Gasteiger partial charge in [0.15, 0.2) is 0 Å². The number of fused-ring (bicyclic) bond motifs is 1. The second-order valence-corrected chi connectivity index (χ2v) is 5.55. The van der Waals surface area contributed by atoms with Crippen LogP contribution in [0.4, 0.5) is 4.79 Å². The lowest BCUT2D eigenvalue weighted by Gasteiger charge is -2.34. The Kier molecular flexibility index (Phi) is 3.60. The van der Waals surface area contributed by atoms with Crippen LogP contribution in [-0.2, 0) is 18.3 Å². The van der Waals surface area contributed by atoms with E-state index in [-0.39, 0.29) is 11.9 Å². The third-order valence-electron chi connectivity index (χ3n) is 4.13. The highest BCUT2D eigenvalue weighted by Crippen LogP contribution is 2.27. The van der Waals surface area contributed by atoms with Crippen LogP contribution < -0.4 is 0 Å². The lowest BCUT2D eigenvalue weighted by atomic mass is 9.99. The highest BCUT2D eigenvalue weighted by atomic mass is 16.5. The summed E-state index contributed by atoms with van der Waals surface area (Å²) in [6, 6.07) is 0.125. The molecular formula is C13H21N5O2. The molecule has 2 aliphatic heterocycles. The summed E-state index contributed by atoms with van der Waals surface area (Å²) in [4.78, 5) is 16.3. The molecule has 1 fully saturated rings. The first kappa shape index (κ1) is 13.4. The second-order valence-electron chi connectivity index (χ2n) is 5.55. The average molecular weight is 279 g/mol. The van der Waals surface area contributed by atoms with E-state index in [0.29, 0.717) is 19.7 Å². The lowest BCUT2D eigenvalue weighted by Crippen LogP contribution is -2.46. The number of methoxy groups -OCH3 is 1. The number of carbonyl (C=O) groups is 1. The van der Waals surface area contributed by atoms with Crippen molar-refractivity contribution in [3.05, 3.63) is 11.4 Å². The quantitative estimate of drug-likeness (QED) is 0.794. The summed E-state index contributed by atoms with van der Waals surface area (Å²) in [6.07, 6.45) is 2.22. The summed E-state index contributed by atoms with van der Waals surface area (Å²) in [6.45, 7) is 3.56. The predicted molar refractivity (Wildman–Crippen MR) is 72.2 cm³/mol. The molecule has 2 amide bonds. The smallest absolute Gasteiger partial charge is 0.320 e. The fraction of sp³-hybridized carbons (Fsp3) is 0.769. The zero-order valence-corrected chi connectivity index (χ0v) is 12.1. The van der Waals surface area contributed by atoms with E-state index < -0.39 is 0 Å². The van der Waals surface area contributed by atoms with Crippen molar-refractivity contribution >= 4 is 6.03 Å². The minimum Gasteiger partial charge on any atom is -0.384 e. The Labute approximate surface area is 118 Å². The van der Waals surface area contributed by atoms with Crippen molar-refractivity contribution in [2.45, 2.75) is 25.3 Å². The van der Waals surface area contributed by atoms with Gasteiger partial charge in [-0.1, -0.05) is 5.21 Å². The van der Waals surface area contributed by atoms with Gasteiger partial charge >= 0.3 is 6.03 Å². The molecule has 1 aromatic heterocycles. The van der Waals surface area contributed by atoms with Gasteiger partial charge in [-0.05, 0) is 12.8 Å². The number of urea groups is 1. The molecule has 0 radical (unpaired) electrons. The number of amides is 2. The van der Waals surface area contributed by atoms with E-state index >= 15 is 0 Å². The van der Waals surface area contributed by atoms with Crippen LogP contribution in [0.3, 0.4) is 0 Å². The van der Waals surface area contributed by atoms with Crippen LogP contribution in [0.1, 0.15) is 30.1 Å². The Morgan fingerprint density at radius 2 is 2.10 bits per heavy atom. The first-order valence-electron chi connectivity index (χ1n) is 7.12. The Bertz CT molecular complexity index is 495. The van der Waals surface area contributed by atoms with E-state index in [0.717, 1.165) is 37.3 Å². The van der Waals surface area contributed by atoms with Crippen molar-refractivity contribution in [3.8, 4) is 0 Å². The van der Waals surface area contributed by atoms with Crippen molar-refractivity contribution < 1.29 is 9.53 Å². The number of hydrogen-bond donors (Lipinski definition) is 0. The van der Waals surface area contributed by atoms with Crippen LogP contribution in [0.5, 0.6) is 0 Å². The molecule has 20 heavy (non-hydrogen) atoms. The molecule has 7 nitrogen and oxygen atoms in total. The van der Waals surface area contributed by atoms with Crippen LogP contribution in [0.25, 0.3) is 0 Å². The number of aromatic nitrogens is 3. The molecule has 3 heterocycles. The zero-order chi connectivity index (χ0) is 14.1. The third-order valence-corrected chi connectivity index (χ3v) is 4.13. The molecular weight excluding hydrogens is 258 g/mol. The monoisotopic (exact) mass is 279 g/mol. The molecule has 1 atom stereocenters. The number of nitrogens with zero attached hydrogens (tertiary/aromatic N) is 5. The van der Waals surface area contributed by atoms with E-state index in [1.54, 1.807) is 11.8 Å². The van der Waals surface area contributed by atoms with Gasteiger partial charge in [0.2, 0.25) is 0 Å². The second kappa shape index (κ2) is 5.40. The van der Waals surface area contributed by atoms with Crippen LogP contribution in [0.15, 0.2) is 0 Å². The van der Waals surface area contributed by atoms with Crippen LogP contribution >= 0.6 is 0 Å². The van der Waals surface area contributed by atoms with Crippen molar-refractivity contribution in [2.75, 3.05) is 33.4 Å². The van der Waals surface area contributed by atoms with Gasteiger partial charge in [0.05, 0.1) is 18.8 Å². The van der Waals surface area contributed by atoms with E-state index in [1.807, 2.05) is 16.8 Å². The molecule has 1 aromatic rings. The molecule has 0 N–H and O–H groups in total. The maximum Gasteiger partial charge on any atom is 0.320 e. The summed E-state index contributed by atoms with van der Waals surface area (Å²) in [7, 11) is 3.58. The van der Waals surface area contributed by atoms with Gasteiger partial charge in [-0.25, -0.2) is 4.79 Å². The highest BCUT2D eigenvalue weighted by molar-refractivity contribution is 5.75. The predicted octanol–water partition coefficient (Wildman–Crippen LogP) is 0.577. The fourth-order valence-corrected chi connectivity index (χ4v) is 3.20. The van der Waals surface area contributed by atoms with Crippen molar-refractivity contribution in [1.82, 2.24) is 24.8 Å². The fourth-order valence-electron chi connectivity index (χ4n) is 3.20. The first-order valence-corrected chi connectivity index (χ1v) is 7.12. The molecule has 0 bridgehead atoms. The summed E-state index contributed by atoms with van der Waals surface area (Å²) in [5.74, 6) is 0.148. The van der Waals surface area contributed by atoms with Gasteiger partial charge in [-0.15, -0.1) is 5.10 Å². The summed E-state index contributed by atoms with van der Waals surface area (Å²) in [5, 5.41) is 8.27. The van der Waals surface area contributed by atoms with Gasteiger partial charge in [-0.3, -0.25) is 4.68 Å². The van der Waals surface area contributed by atoms with Crippen molar-refractivity contribution in [3.63, 3.8) is 0 Å². The molecule has 1 unspecified atom stereocenters. The van der Waals surface area contributed by atoms with E-state index in [4.69, 9.17) is 4.74 Å². The molecule has 7 heteroatoms. The molecule has 0 saturated carbocycles. The first-order chi connectivity index (χ1) is 9.70. The number of rotatable bonds is 2. The van der Waals surface area contributed by atoms with Crippen molar-refractivity contribution in [2.24, 2.45) is 7.05 Å². The summed E-state index contributed by atoms with van der Waals surface area (Å²) >= 11 is 0. The van der Waals surface area contributed by atoms with Crippen LogP contribution in [0, 0.1) is 0 Å².